The first kappa shape index (κ1) is 18.9. The average Bonchev–Trinajstić information content (AvgIpc) is 3.17. The lowest BCUT2D eigenvalue weighted by molar-refractivity contribution is -0.117. The van der Waals surface area contributed by atoms with E-state index in [9.17, 15) is 9.59 Å². The van der Waals surface area contributed by atoms with Gasteiger partial charge in [-0.1, -0.05) is 0 Å². The highest BCUT2D eigenvalue weighted by Gasteiger charge is 2.33. The molecule has 0 radical (unpaired) electrons. The molecule has 0 aliphatic heterocycles. The Morgan fingerprint density at radius 1 is 1.55 bits per heavy atom. The van der Waals surface area contributed by atoms with Gasteiger partial charge in [-0.3, -0.25) is 9.69 Å². The standard InChI is InChI=1S/C14H21N3O3S.ClH/c1-17(11(7-15)9-3-4-9)8-12(18)16-10-5-6-21-13(10)14(19)20-2;/h5-6,9,11H,3-4,7-8,15H2,1-2H3,(H,16,18);1H. The Morgan fingerprint density at radius 2 is 2.23 bits per heavy atom. The molecule has 0 saturated heterocycles. The van der Waals surface area contributed by atoms with E-state index >= 15 is 0 Å². The number of anilines is 1. The van der Waals surface area contributed by atoms with Crippen LogP contribution in [-0.4, -0.2) is 50.1 Å². The lowest BCUT2D eigenvalue weighted by atomic mass is 10.1. The van der Waals surface area contributed by atoms with Crippen LogP contribution in [0.5, 0.6) is 0 Å². The van der Waals surface area contributed by atoms with Gasteiger partial charge in [0.2, 0.25) is 5.91 Å². The number of hydrogen-bond acceptors (Lipinski definition) is 6. The van der Waals surface area contributed by atoms with Crippen molar-refractivity contribution >= 4 is 41.3 Å². The molecule has 1 saturated carbocycles. The lowest BCUT2D eigenvalue weighted by Gasteiger charge is -2.26. The first-order chi connectivity index (χ1) is 10.1. The predicted octanol–water partition coefficient (Wildman–Crippen LogP) is 1.56. The number of nitrogens with zero attached hydrogens (tertiary/aromatic N) is 1. The van der Waals surface area contributed by atoms with Crippen LogP contribution in [0, 0.1) is 5.92 Å². The normalized spacial score (nSPS) is 15.1. The van der Waals surface area contributed by atoms with E-state index in [1.165, 1.54) is 31.3 Å². The fraction of sp³-hybridized carbons (Fsp3) is 0.571. The molecule has 2 rings (SSSR count). The number of amides is 1. The van der Waals surface area contributed by atoms with Crippen molar-refractivity contribution in [3.05, 3.63) is 16.3 Å². The molecule has 1 fully saturated rings. The number of esters is 1. The molecule has 1 unspecified atom stereocenters. The molecule has 1 aromatic rings. The van der Waals surface area contributed by atoms with E-state index in [0.29, 0.717) is 23.0 Å². The maximum absolute atomic E-state index is 12.1. The highest BCUT2D eigenvalue weighted by Crippen LogP contribution is 2.34. The van der Waals surface area contributed by atoms with Crippen LogP contribution in [0.3, 0.4) is 0 Å². The summed E-state index contributed by atoms with van der Waals surface area (Å²) in [4.78, 5) is 26.1. The molecule has 1 aliphatic carbocycles. The second kappa shape index (κ2) is 8.47. The quantitative estimate of drug-likeness (QED) is 0.731. The molecule has 1 atom stereocenters. The number of thiophene rings is 1. The summed E-state index contributed by atoms with van der Waals surface area (Å²) in [6.45, 7) is 0.815. The Morgan fingerprint density at radius 3 is 2.77 bits per heavy atom. The van der Waals surface area contributed by atoms with Crippen LogP contribution in [-0.2, 0) is 9.53 Å². The van der Waals surface area contributed by atoms with Crippen LogP contribution in [0.25, 0.3) is 0 Å². The van der Waals surface area contributed by atoms with E-state index in [0.717, 1.165) is 0 Å². The minimum Gasteiger partial charge on any atom is -0.465 e. The lowest BCUT2D eigenvalue weighted by Crippen LogP contribution is -2.43. The second-order valence-corrected chi connectivity index (χ2v) is 6.17. The molecule has 6 nitrogen and oxygen atoms in total. The number of nitrogens with two attached hydrogens (primary N) is 1. The van der Waals surface area contributed by atoms with Gasteiger partial charge in [0, 0.05) is 12.6 Å². The topological polar surface area (TPSA) is 84.7 Å². The Bertz CT molecular complexity index is 519. The minimum atomic E-state index is -0.438. The van der Waals surface area contributed by atoms with Gasteiger partial charge in [-0.05, 0) is 37.3 Å². The maximum Gasteiger partial charge on any atom is 0.350 e. The summed E-state index contributed by atoms with van der Waals surface area (Å²) >= 11 is 1.25. The number of carbonyl (C=O) groups excluding carboxylic acids is 2. The fourth-order valence-corrected chi connectivity index (χ4v) is 3.17. The summed E-state index contributed by atoms with van der Waals surface area (Å²) in [5.41, 5.74) is 6.28. The van der Waals surface area contributed by atoms with Crippen LogP contribution in [0.1, 0.15) is 22.5 Å². The molecule has 1 aromatic heterocycles. The van der Waals surface area contributed by atoms with Gasteiger partial charge in [0.15, 0.2) is 0 Å². The second-order valence-electron chi connectivity index (χ2n) is 5.26. The minimum absolute atomic E-state index is 0. The third kappa shape index (κ3) is 4.67. The van der Waals surface area contributed by atoms with Crippen molar-refractivity contribution in [3.63, 3.8) is 0 Å². The van der Waals surface area contributed by atoms with Crippen LogP contribution in [0.4, 0.5) is 5.69 Å². The van der Waals surface area contributed by atoms with Crippen LogP contribution in [0.15, 0.2) is 11.4 Å². The summed E-state index contributed by atoms with van der Waals surface area (Å²) in [6, 6.07) is 1.95. The van der Waals surface area contributed by atoms with Gasteiger partial charge in [-0.25, -0.2) is 4.79 Å². The van der Waals surface area contributed by atoms with Gasteiger partial charge >= 0.3 is 5.97 Å². The number of nitrogens with one attached hydrogen (secondary N) is 1. The number of rotatable bonds is 7. The summed E-state index contributed by atoms with van der Waals surface area (Å²) in [6.07, 6.45) is 2.37. The largest absolute Gasteiger partial charge is 0.465 e. The Kier molecular flexibility index (Phi) is 7.28. The third-order valence-corrected chi connectivity index (χ3v) is 4.57. The van der Waals surface area contributed by atoms with Crippen molar-refractivity contribution in [1.29, 1.82) is 0 Å². The highest BCUT2D eigenvalue weighted by molar-refractivity contribution is 7.12. The maximum atomic E-state index is 12.1. The Balaban J connectivity index is 0.00000242. The molecule has 0 aromatic carbocycles. The van der Waals surface area contributed by atoms with Crippen LogP contribution >= 0.6 is 23.7 Å². The first-order valence-electron chi connectivity index (χ1n) is 6.92. The van der Waals surface area contributed by atoms with Crippen LogP contribution < -0.4 is 11.1 Å². The van der Waals surface area contributed by atoms with E-state index in [1.807, 2.05) is 11.9 Å². The molecule has 0 bridgehead atoms. The Labute approximate surface area is 140 Å². The number of hydrogen-bond donors (Lipinski definition) is 2. The predicted molar refractivity (Wildman–Crippen MR) is 89.7 cm³/mol. The van der Waals surface area contributed by atoms with E-state index in [4.69, 9.17) is 5.73 Å². The average molecular weight is 348 g/mol. The zero-order valence-electron chi connectivity index (χ0n) is 12.7. The molecule has 22 heavy (non-hydrogen) atoms. The molecule has 3 N–H and O–H groups in total. The van der Waals surface area contributed by atoms with Crippen molar-refractivity contribution in [3.8, 4) is 0 Å². The van der Waals surface area contributed by atoms with E-state index < -0.39 is 5.97 Å². The molecular formula is C14H22ClN3O3S. The fourth-order valence-electron chi connectivity index (χ4n) is 2.41. The number of likely N-dealkylation sites (N-methyl/N-ethyl adjacent to an activating group) is 1. The monoisotopic (exact) mass is 347 g/mol. The Hall–Kier alpha value is -1.15. The van der Waals surface area contributed by atoms with Gasteiger partial charge in [-0.2, -0.15) is 0 Å². The zero-order chi connectivity index (χ0) is 15.4. The van der Waals surface area contributed by atoms with Crippen molar-refractivity contribution in [1.82, 2.24) is 4.90 Å². The van der Waals surface area contributed by atoms with Gasteiger partial charge in [-0.15, -0.1) is 23.7 Å². The van der Waals surface area contributed by atoms with Gasteiger partial charge in [0.1, 0.15) is 4.88 Å². The van der Waals surface area contributed by atoms with Crippen molar-refractivity contribution in [2.45, 2.75) is 18.9 Å². The summed E-state index contributed by atoms with van der Waals surface area (Å²) < 4.78 is 4.69. The molecule has 1 aliphatic rings. The number of carbonyl (C=O) groups is 2. The molecule has 1 heterocycles. The first-order valence-corrected chi connectivity index (χ1v) is 7.80. The molecular weight excluding hydrogens is 326 g/mol. The third-order valence-electron chi connectivity index (χ3n) is 3.68. The van der Waals surface area contributed by atoms with E-state index in [-0.39, 0.29) is 30.9 Å². The summed E-state index contributed by atoms with van der Waals surface area (Å²) in [5, 5.41) is 4.51. The number of halogens is 1. The summed E-state index contributed by atoms with van der Waals surface area (Å²) in [7, 11) is 3.23. The number of methoxy groups -OCH3 is 1. The van der Waals surface area contributed by atoms with Crippen molar-refractivity contribution < 1.29 is 14.3 Å². The SMILES string of the molecule is COC(=O)c1sccc1NC(=O)CN(C)C(CN)C1CC1.Cl. The molecule has 124 valence electrons. The summed E-state index contributed by atoms with van der Waals surface area (Å²) in [5.74, 6) is 0.0196. The zero-order valence-corrected chi connectivity index (χ0v) is 14.3. The van der Waals surface area contributed by atoms with Crippen LogP contribution in [0.2, 0.25) is 0 Å². The molecule has 0 spiro atoms. The van der Waals surface area contributed by atoms with Crippen molar-refractivity contribution in [2.75, 3.05) is 32.6 Å². The highest BCUT2D eigenvalue weighted by atomic mass is 35.5. The smallest absolute Gasteiger partial charge is 0.350 e. The van der Waals surface area contributed by atoms with Gasteiger partial charge in [0.25, 0.3) is 0 Å². The molecule has 8 heteroatoms. The van der Waals surface area contributed by atoms with E-state index in [1.54, 1.807) is 11.4 Å². The molecule has 1 amide bonds. The number of ether oxygens (including phenoxy) is 1. The van der Waals surface area contributed by atoms with Crippen molar-refractivity contribution in [2.24, 2.45) is 11.7 Å². The van der Waals surface area contributed by atoms with Gasteiger partial charge < -0.3 is 15.8 Å². The van der Waals surface area contributed by atoms with E-state index in [2.05, 4.69) is 10.1 Å². The van der Waals surface area contributed by atoms with Gasteiger partial charge in [0.05, 0.1) is 19.3 Å².